The van der Waals surface area contributed by atoms with Crippen LogP contribution in [0.1, 0.15) is 35.5 Å². The quantitative estimate of drug-likeness (QED) is 0.886. The first-order valence-corrected chi connectivity index (χ1v) is 5.95. The number of nitrogens with zero attached hydrogens (tertiary/aromatic N) is 3. The summed E-state index contributed by atoms with van der Waals surface area (Å²) in [6.07, 6.45) is 1.85. The highest BCUT2D eigenvalue weighted by Gasteiger charge is 2.09. The molecule has 2 aromatic rings. The number of thiazole rings is 1. The Hall–Kier alpha value is -1.43. The van der Waals surface area contributed by atoms with Gasteiger partial charge in [-0.15, -0.1) is 16.4 Å². The third-order valence-corrected chi connectivity index (χ3v) is 2.93. The summed E-state index contributed by atoms with van der Waals surface area (Å²) < 4.78 is 5.42. The Kier molecular flexibility index (Phi) is 3.19. The number of anilines is 1. The minimum absolute atomic E-state index is 0.258. The van der Waals surface area contributed by atoms with E-state index in [1.165, 1.54) is 0 Å². The second kappa shape index (κ2) is 4.61. The van der Waals surface area contributed by atoms with Gasteiger partial charge in [0, 0.05) is 17.0 Å². The number of nitrogens with one attached hydrogen (secondary N) is 1. The molecule has 0 atom stereocenters. The van der Waals surface area contributed by atoms with Gasteiger partial charge >= 0.3 is 6.01 Å². The second-order valence-electron chi connectivity index (χ2n) is 3.80. The van der Waals surface area contributed by atoms with Gasteiger partial charge in [-0.1, -0.05) is 18.9 Å². The van der Waals surface area contributed by atoms with Crippen molar-refractivity contribution < 1.29 is 4.42 Å². The molecule has 5 nitrogen and oxygen atoms in total. The Morgan fingerprint density at radius 3 is 2.81 bits per heavy atom. The fraction of sp³-hybridized carbons (Fsp3) is 0.500. The molecule has 0 bridgehead atoms. The molecule has 0 radical (unpaired) electrons. The van der Waals surface area contributed by atoms with Crippen LogP contribution in [0.2, 0.25) is 0 Å². The molecule has 0 amide bonds. The lowest BCUT2D eigenvalue weighted by Crippen LogP contribution is -1.97. The highest BCUT2D eigenvalue weighted by molar-refractivity contribution is 7.11. The lowest BCUT2D eigenvalue weighted by atomic mass is 10.2. The molecule has 0 aliphatic carbocycles. The van der Waals surface area contributed by atoms with E-state index >= 15 is 0 Å². The van der Waals surface area contributed by atoms with Crippen molar-refractivity contribution in [2.75, 3.05) is 5.32 Å². The van der Waals surface area contributed by atoms with Crippen molar-refractivity contribution in [1.82, 2.24) is 15.2 Å². The van der Waals surface area contributed by atoms with Crippen LogP contribution in [0.15, 0.2) is 10.6 Å². The third kappa shape index (κ3) is 2.57. The minimum atomic E-state index is 0.258. The summed E-state index contributed by atoms with van der Waals surface area (Å²) in [5.41, 5.74) is 0. The highest BCUT2D eigenvalue weighted by atomic mass is 32.1. The summed E-state index contributed by atoms with van der Waals surface area (Å²) in [6, 6.07) is 0.467. The number of aromatic nitrogens is 3. The van der Waals surface area contributed by atoms with Crippen LogP contribution in [0.25, 0.3) is 0 Å². The molecule has 2 aromatic heterocycles. The molecule has 2 rings (SSSR count). The summed E-state index contributed by atoms with van der Waals surface area (Å²) in [5.74, 6) is 0.914. The van der Waals surface area contributed by atoms with Gasteiger partial charge in [-0.05, 0) is 6.92 Å². The Morgan fingerprint density at radius 2 is 2.25 bits per heavy atom. The van der Waals surface area contributed by atoms with E-state index in [-0.39, 0.29) is 5.92 Å². The summed E-state index contributed by atoms with van der Waals surface area (Å²) in [4.78, 5) is 5.33. The van der Waals surface area contributed by atoms with E-state index in [1.807, 2.05) is 27.0 Å². The van der Waals surface area contributed by atoms with E-state index in [0.717, 1.165) is 9.88 Å². The Bertz CT molecular complexity index is 463. The first-order chi connectivity index (χ1) is 7.65. The SMILES string of the molecule is Cc1ncc(CNc2nnc(C(C)C)o2)s1. The normalized spacial score (nSPS) is 11.0. The fourth-order valence-electron chi connectivity index (χ4n) is 1.19. The zero-order chi connectivity index (χ0) is 11.5. The maximum Gasteiger partial charge on any atom is 0.315 e. The molecular formula is C10H14N4OS. The van der Waals surface area contributed by atoms with Crippen molar-refractivity contribution in [2.24, 2.45) is 0 Å². The number of hydrogen-bond donors (Lipinski definition) is 1. The Balaban J connectivity index is 1.94. The molecule has 16 heavy (non-hydrogen) atoms. The van der Waals surface area contributed by atoms with Crippen molar-refractivity contribution in [1.29, 1.82) is 0 Å². The Labute approximate surface area is 97.9 Å². The van der Waals surface area contributed by atoms with E-state index in [1.54, 1.807) is 11.3 Å². The summed E-state index contributed by atoms with van der Waals surface area (Å²) in [7, 11) is 0. The predicted molar refractivity (Wildman–Crippen MR) is 62.6 cm³/mol. The van der Waals surface area contributed by atoms with Crippen molar-refractivity contribution >= 4 is 17.4 Å². The zero-order valence-corrected chi connectivity index (χ0v) is 10.3. The molecule has 0 saturated carbocycles. The summed E-state index contributed by atoms with van der Waals surface area (Å²) >= 11 is 1.66. The summed E-state index contributed by atoms with van der Waals surface area (Å²) in [5, 5.41) is 12.0. The van der Waals surface area contributed by atoms with E-state index in [0.29, 0.717) is 18.5 Å². The molecule has 6 heteroatoms. The van der Waals surface area contributed by atoms with Crippen LogP contribution in [-0.2, 0) is 6.54 Å². The standard InChI is InChI=1S/C10H14N4OS/c1-6(2)9-13-14-10(15-9)12-5-8-4-11-7(3)16-8/h4,6H,5H2,1-3H3,(H,12,14). The van der Waals surface area contributed by atoms with Crippen LogP contribution in [0.5, 0.6) is 0 Å². The van der Waals surface area contributed by atoms with Crippen molar-refractivity contribution in [3.63, 3.8) is 0 Å². The van der Waals surface area contributed by atoms with Crippen molar-refractivity contribution in [3.05, 3.63) is 22.0 Å². The molecule has 0 fully saturated rings. The number of rotatable bonds is 4. The van der Waals surface area contributed by atoms with Crippen LogP contribution < -0.4 is 5.32 Å². The lowest BCUT2D eigenvalue weighted by Gasteiger charge is -1.97. The second-order valence-corrected chi connectivity index (χ2v) is 5.12. The molecule has 0 aliphatic heterocycles. The van der Waals surface area contributed by atoms with Crippen LogP contribution in [0, 0.1) is 6.92 Å². The Morgan fingerprint density at radius 1 is 1.44 bits per heavy atom. The average molecular weight is 238 g/mol. The van der Waals surface area contributed by atoms with Gasteiger partial charge in [0.05, 0.1) is 11.6 Å². The van der Waals surface area contributed by atoms with Crippen molar-refractivity contribution in [2.45, 2.75) is 33.2 Å². The lowest BCUT2D eigenvalue weighted by molar-refractivity contribution is 0.480. The molecule has 2 heterocycles. The third-order valence-electron chi connectivity index (χ3n) is 2.02. The van der Waals surface area contributed by atoms with Gasteiger partial charge in [0.15, 0.2) is 0 Å². The van der Waals surface area contributed by atoms with Gasteiger partial charge < -0.3 is 9.73 Å². The minimum Gasteiger partial charge on any atom is -0.408 e. The van der Waals surface area contributed by atoms with Crippen LogP contribution in [0.4, 0.5) is 6.01 Å². The maximum absolute atomic E-state index is 5.42. The van der Waals surface area contributed by atoms with Gasteiger partial charge in [-0.3, -0.25) is 0 Å². The topological polar surface area (TPSA) is 63.8 Å². The molecule has 0 aliphatic rings. The molecular weight excluding hydrogens is 224 g/mol. The van der Waals surface area contributed by atoms with Gasteiger partial charge in [0.25, 0.3) is 0 Å². The van der Waals surface area contributed by atoms with Crippen LogP contribution >= 0.6 is 11.3 Å². The number of hydrogen-bond acceptors (Lipinski definition) is 6. The predicted octanol–water partition coefficient (Wildman–Crippen LogP) is 2.57. The highest BCUT2D eigenvalue weighted by Crippen LogP contribution is 2.17. The van der Waals surface area contributed by atoms with E-state index in [9.17, 15) is 0 Å². The zero-order valence-electron chi connectivity index (χ0n) is 9.52. The molecule has 1 N–H and O–H groups in total. The van der Waals surface area contributed by atoms with Crippen LogP contribution in [0.3, 0.4) is 0 Å². The molecule has 0 aromatic carbocycles. The average Bonchev–Trinajstić information content (AvgIpc) is 2.83. The molecule has 0 saturated heterocycles. The van der Waals surface area contributed by atoms with Gasteiger partial charge in [0.2, 0.25) is 5.89 Å². The largest absolute Gasteiger partial charge is 0.408 e. The van der Waals surface area contributed by atoms with Gasteiger partial charge in [0.1, 0.15) is 0 Å². The maximum atomic E-state index is 5.42. The van der Waals surface area contributed by atoms with E-state index in [2.05, 4.69) is 20.5 Å². The van der Waals surface area contributed by atoms with Gasteiger partial charge in [-0.25, -0.2) is 4.98 Å². The molecule has 0 unspecified atom stereocenters. The van der Waals surface area contributed by atoms with E-state index in [4.69, 9.17) is 4.42 Å². The van der Waals surface area contributed by atoms with Crippen molar-refractivity contribution in [3.8, 4) is 0 Å². The molecule has 86 valence electrons. The molecule has 0 spiro atoms. The first kappa shape index (κ1) is 11.1. The van der Waals surface area contributed by atoms with E-state index < -0.39 is 0 Å². The monoisotopic (exact) mass is 238 g/mol. The number of aryl methyl sites for hydroxylation is 1. The fourth-order valence-corrected chi connectivity index (χ4v) is 1.92. The smallest absolute Gasteiger partial charge is 0.315 e. The van der Waals surface area contributed by atoms with Crippen LogP contribution in [-0.4, -0.2) is 15.2 Å². The summed E-state index contributed by atoms with van der Waals surface area (Å²) in [6.45, 7) is 6.69. The van der Waals surface area contributed by atoms with Gasteiger partial charge in [-0.2, -0.15) is 0 Å². The first-order valence-electron chi connectivity index (χ1n) is 5.13.